The highest BCUT2D eigenvalue weighted by atomic mass is 16.4. The van der Waals surface area contributed by atoms with E-state index in [0.29, 0.717) is 12.8 Å². The quantitative estimate of drug-likeness (QED) is 0.847. The number of para-hydroxylation sites is 1. The second kappa shape index (κ2) is 3.87. The van der Waals surface area contributed by atoms with Gasteiger partial charge in [0, 0.05) is 12.1 Å². The molecule has 0 radical (unpaired) electrons. The van der Waals surface area contributed by atoms with Crippen molar-refractivity contribution >= 4 is 17.6 Å². The summed E-state index contributed by atoms with van der Waals surface area (Å²) in [6, 6.07) is 7.47. The van der Waals surface area contributed by atoms with Gasteiger partial charge < -0.3 is 5.11 Å². The highest BCUT2D eigenvalue weighted by molar-refractivity contribution is 6.03. The SMILES string of the molecule is CC(C)(C(=O)O)N1C(=O)CCc2ccccc21. The van der Waals surface area contributed by atoms with Crippen molar-refractivity contribution in [1.82, 2.24) is 0 Å². The van der Waals surface area contributed by atoms with Gasteiger partial charge in [0.25, 0.3) is 0 Å². The molecule has 4 nitrogen and oxygen atoms in total. The van der Waals surface area contributed by atoms with Crippen LogP contribution in [0.4, 0.5) is 5.69 Å². The molecule has 1 aromatic carbocycles. The summed E-state index contributed by atoms with van der Waals surface area (Å²) in [4.78, 5) is 24.6. The van der Waals surface area contributed by atoms with Gasteiger partial charge in [0.2, 0.25) is 5.91 Å². The van der Waals surface area contributed by atoms with Crippen LogP contribution in [0.5, 0.6) is 0 Å². The maximum absolute atomic E-state index is 12.0. The van der Waals surface area contributed by atoms with Crippen LogP contribution >= 0.6 is 0 Å². The van der Waals surface area contributed by atoms with E-state index in [1.807, 2.05) is 18.2 Å². The van der Waals surface area contributed by atoms with Gasteiger partial charge in [0.15, 0.2) is 0 Å². The van der Waals surface area contributed by atoms with Crippen LogP contribution in [0.3, 0.4) is 0 Å². The first-order valence-corrected chi connectivity index (χ1v) is 5.59. The van der Waals surface area contributed by atoms with Gasteiger partial charge in [-0.15, -0.1) is 0 Å². The van der Waals surface area contributed by atoms with Crippen molar-refractivity contribution < 1.29 is 14.7 Å². The molecular formula is C13H15NO3. The second-order valence-electron chi connectivity index (χ2n) is 4.72. The van der Waals surface area contributed by atoms with Crippen molar-refractivity contribution in [3.05, 3.63) is 29.8 Å². The van der Waals surface area contributed by atoms with E-state index < -0.39 is 11.5 Å². The fourth-order valence-corrected chi connectivity index (χ4v) is 2.14. The zero-order chi connectivity index (χ0) is 12.6. The van der Waals surface area contributed by atoms with E-state index in [4.69, 9.17) is 0 Å². The van der Waals surface area contributed by atoms with Gasteiger partial charge in [0.05, 0.1) is 0 Å². The highest BCUT2D eigenvalue weighted by Crippen LogP contribution is 2.33. The molecule has 90 valence electrons. The van der Waals surface area contributed by atoms with Crippen LogP contribution in [0.2, 0.25) is 0 Å². The van der Waals surface area contributed by atoms with Crippen LogP contribution in [0.1, 0.15) is 25.8 Å². The topological polar surface area (TPSA) is 57.6 Å². The Bertz CT molecular complexity index is 479. The summed E-state index contributed by atoms with van der Waals surface area (Å²) < 4.78 is 0. The molecule has 0 bridgehead atoms. The van der Waals surface area contributed by atoms with Crippen molar-refractivity contribution in [2.24, 2.45) is 0 Å². The summed E-state index contributed by atoms with van der Waals surface area (Å²) in [6.07, 6.45) is 1.05. The van der Waals surface area contributed by atoms with Gasteiger partial charge in [-0.25, -0.2) is 4.79 Å². The lowest BCUT2D eigenvalue weighted by Crippen LogP contribution is -2.55. The van der Waals surface area contributed by atoms with Crippen LogP contribution < -0.4 is 4.90 Å². The lowest BCUT2D eigenvalue weighted by Gasteiger charge is -2.38. The van der Waals surface area contributed by atoms with E-state index in [-0.39, 0.29) is 5.91 Å². The van der Waals surface area contributed by atoms with Gasteiger partial charge in [-0.05, 0) is 31.9 Å². The predicted octanol–water partition coefficient (Wildman–Crippen LogP) is 1.83. The number of benzene rings is 1. The summed E-state index contributed by atoms with van der Waals surface area (Å²) >= 11 is 0. The van der Waals surface area contributed by atoms with Gasteiger partial charge in [-0.2, -0.15) is 0 Å². The Labute approximate surface area is 99.9 Å². The van der Waals surface area contributed by atoms with Crippen LogP contribution in [-0.2, 0) is 16.0 Å². The van der Waals surface area contributed by atoms with E-state index in [9.17, 15) is 14.7 Å². The monoisotopic (exact) mass is 233 g/mol. The third-order valence-electron chi connectivity index (χ3n) is 3.17. The van der Waals surface area contributed by atoms with E-state index in [2.05, 4.69) is 0 Å². The molecule has 1 N–H and O–H groups in total. The maximum Gasteiger partial charge on any atom is 0.329 e. The van der Waals surface area contributed by atoms with Crippen LogP contribution in [0, 0.1) is 0 Å². The lowest BCUT2D eigenvalue weighted by atomic mass is 9.94. The number of aryl methyl sites for hydroxylation is 1. The van der Waals surface area contributed by atoms with Crippen molar-refractivity contribution in [2.75, 3.05) is 4.90 Å². The van der Waals surface area contributed by atoms with Crippen molar-refractivity contribution in [3.8, 4) is 0 Å². The molecule has 17 heavy (non-hydrogen) atoms. The number of aliphatic carboxylic acids is 1. The zero-order valence-electron chi connectivity index (χ0n) is 9.93. The van der Waals surface area contributed by atoms with Crippen LogP contribution in [0.25, 0.3) is 0 Å². The summed E-state index contributed by atoms with van der Waals surface area (Å²) in [5.74, 6) is -1.13. The number of rotatable bonds is 2. The van der Waals surface area contributed by atoms with Gasteiger partial charge in [0.1, 0.15) is 5.54 Å². The Balaban J connectivity index is 2.54. The molecule has 1 aliphatic rings. The molecule has 1 aliphatic heterocycles. The van der Waals surface area contributed by atoms with E-state index >= 15 is 0 Å². The number of carbonyl (C=O) groups is 2. The smallest absolute Gasteiger partial charge is 0.329 e. The van der Waals surface area contributed by atoms with Gasteiger partial charge >= 0.3 is 5.97 Å². The minimum absolute atomic E-state index is 0.129. The first-order valence-electron chi connectivity index (χ1n) is 5.59. The summed E-state index contributed by atoms with van der Waals surface area (Å²) in [5.41, 5.74) is 0.533. The Kier molecular flexibility index (Phi) is 2.65. The number of amides is 1. The molecule has 2 rings (SSSR count). The molecule has 0 saturated heterocycles. The second-order valence-corrected chi connectivity index (χ2v) is 4.72. The number of hydrogen-bond donors (Lipinski definition) is 1. The minimum Gasteiger partial charge on any atom is -0.480 e. The molecule has 0 aliphatic carbocycles. The zero-order valence-corrected chi connectivity index (χ0v) is 9.93. The van der Waals surface area contributed by atoms with Crippen molar-refractivity contribution in [1.29, 1.82) is 0 Å². The van der Waals surface area contributed by atoms with Crippen LogP contribution in [0.15, 0.2) is 24.3 Å². The third-order valence-corrected chi connectivity index (χ3v) is 3.17. The fraction of sp³-hybridized carbons (Fsp3) is 0.385. The number of carbonyl (C=O) groups excluding carboxylic acids is 1. The standard InChI is InChI=1S/C13H15NO3/c1-13(2,12(16)17)14-10-6-4-3-5-9(10)7-8-11(14)15/h3-6H,7-8H2,1-2H3,(H,16,17). The van der Waals surface area contributed by atoms with Gasteiger partial charge in [-0.1, -0.05) is 18.2 Å². The Hall–Kier alpha value is -1.84. The summed E-state index contributed by atoms with van der Waals surface area (Å²) in [7, 11) is 0. The normalized spacial score (nSPS) is 15.6. The Morgan fingerprint density at radius 2 is 1.94 bits per heavy atom. The number of carboxylic acid groups (broad SMARTS) is 1. The number of anilines is 1. The van der Waals surface area contributed by atoms with Crippen molar-refractivity contribution in [3.63, 3.8) is 0 Å². The molecular weight excluding hydrogens is 218 g/mol. The molecule has 0 spiro atoms. The molecule has 0 unspecified atom stereocenters. The third kappa shape index (κ3) is 1.79. The summed E-state index contributed by atoms with van der Waals surface area (Å²) in [5, 5.41) is 9.24. The number of hydrogen-bond acceptors (Lipinski definition) is 2. The van der Waals surface area contributed by atoms with Gasteiger partial charge in [-0.3, -0.25) is 9.69 Å². The highest BCUT2D eigenvalue weighted by Gasteiger charge is 2.41. The van der Waals surface area contributed by atoms with Crippen molar-refractivity contribution in [2.45, 2.75) is 32.2 Å². The Morgan fingerprint density at radius 1 is 1.29 bits per heavy atom. The van der Waals surface area contributed by atoms with E-state index in [1.165, 1.54) is 4.90 Å². The minimum atomic E-state index is -1.21. The number of nitrogens with zero attached hydrogens (tertiary/aromatic N) is 1. The first kappa shape index (κ1) is 11.6. The average molecular weight is 233 g/mol. The number of fused-ring (bicyclic) bond motifs is 1. The lowest BCUT2D eigenvalue weighted by molar-refractivity contribution is -0.144. The fourth-order valence-electron chi connectivity index (χ4n) is 2.14. The first-order chi connectivity index (χ1) is 7.94. The largest absolute Gasteiger partial charge is 0.480 e. The molecule has 1 amide bonds. The molecule has 1 aromatic rings. The average Bonchev–Trinajstić information content (AvgIpc) is 2.28. The maximum atomic E-state index is 12.0. The summed E-state index contributed by atoms with van der Waals surface area (Å²) in [6.45, 7) is 3.10. The van der Waals surface area contributed by atoms with E-state index in [0.717, 1.165) is 11.3 Å². The Morgan fingerprint density at radius 3 is 2.59 bits per heavy atom. The molecule has 4 heteroatoms. The molecule has 1 heterocycles. The predicted molar refractivity (Wildman–Crippen MR) is 64.0 cm³/mol. The molecule has 0 fully saturated rings. The molecule has 0 aromatic heterocycles. The molecule has 0 saturated carbocycles. The van der Waals surface area contributed by atoms with E-state index in [1.54, 1.807) is 19.9 Å². The molecule has 0 atom stereocenters. The van der Waals surface area contributed by atoms with Crippen LogP contribution in [-0.4, -0.2) is 22.5 Å². The number of carboxylic acids is 1.